The molecular weight excluding hydrogens is 139 g/mol. The zero-order valence-corrected chi connectivity index (χ0v) is 4.52. The summed E-state index contributed by atoms with van der Waals surface area (Å²) in [6, 6.07) is 0. The Morgan fingerprint density at radius 1 is 0.571 bits per heavy atom. The van der Waals surface area contributed by atoms with E-state index in [-0.39, 0.29) is 17.1 Å². The predicted molar refractivity (Wildman–Crippen MR) is 20.3 cm³/mol. The Hall–Kier alpha value is -0.471. The summed E-state index contributed by atoms with van der Waals surface area (Å²) in [6.07, 6.45) is 0. The first-order chi connectivity index (χ1) is 3.00. The average molecular weight is 142 g/mol. The molecule has 0 N–H and O–H groups in total. The van der Waals surface area contributed by atoms with Crippen LogP contribution in [0.2, 0.25) is 0 Å². The van der Waals surface area contributed by atoms with Crippen LogP contribution >= 0.6 is 0 Å². The van der Waals surface area contributed by atoms with E-state index >= 15 is 0 Å². The monoisotopic (exact) mass is 142 g/mol. The molecule has 0 fully saturated rings. The van der Waals surface area contributed by atoms with Crippen molar-refractivity contribution in [1.29, 1.82) is 0 Å². The fourth-order valence-corrected chi connectivity index (χ4v) is 0. The number of rotatable bonds is 0. The van der Waals surface area contributed by atoms with Gasteiger partial charge in [0.05, 0.1) is 0 Å². The van der Waals surface area contributed by atoms with Crippen molar-refractivity contribution >= 4 is 20.4 Å². The van der Waals surface area contributed by atoms with Crippen LogP contribution in [0.5, 0.6) is 0 Å². The summed E-state index contributed by atoms with van der Waals surface area (Å²) in [5.74, 6) is 0. The minimum Gasteiger partial charge on any atom is -0.545 e. The first kappa shape index (κ1) is 31.2. The molecule has 0 aliphatic carbocycles. The summed E-state index contributed by atoms with van der Waals surface area (Å²) < 4.78 is 0. The second-order valence-electron chi connectivity index (χ2n) is 0. The molecule has 0 aromatic carbocycles. The molecule has 7 heavy (non-hydrogen) atoms. The van der Waals surface area contributed by atoms with E-state index in [1.807, 2.05) is 0 Å². The van der Waals surface area contributed by atoms with E-state index in [1.165, 1.54) is 0 Å². The molecule has 0 saturated heterocycles. The average Bonchev–Trinajstić information content (AvgIpc) is 1.81. The molecule has 0 spiro atoms. The molecule has 0 unspecified atom stereocenters. The van der Waals surface area contributed by atoms with E-state index in [9.17, 15) is 0 Å². The van der Waals surface area contributed by atoms with Crippen LogP contribution in [0.4, 0.5) is 0 Å². The van der Waals surface area contributed by atoms with Crippen molar-refractivity contribution in [3.05, 3.63) is 0 Å². The number of carbonyl (C=O) groups excluding carboxylic acids is 3. The minimum atomic E-state index is 0. The summed E-state index contributed by atoms with van der Waals surface area (Å²) >= 11 is 0. The van der Waals surface area contributed by atoms with Crippen molar-refractivity contribution in [3.63, 3.8) is 0 Å². The molecule has 1 radical (unpaired) electrons. The fourth-order valence-electron chi connectivity index (χ4n) is 0. The Kier molecular flexibility index (Phi) is 2280. The molecule has 0 bridgehead atoms. The molecule has 0 heterocycles. The fraction of sp³-hybridized carbons (Fsp3) is 0. The Morgan fingerprint density at radius 3 is 0.571 bits per heavy atom. The molecule has 0 aromatic rings. The number of hydrogen-bond donors (Lipinski definition) is 0. The van der Waals surface area contributed by atoms with Gasteiger partial charge in [0.2, 0.25) is 0 Å². The zero-order valence-electron chi connectivity index (χ0n) is 3.33. The third-order valence-corrected chi connectivity index (χ3v) is 0. The van der Waals surface area contributed by atoms with E-state index in [4.69, 9.17) is 14.4 Å². The van der Waals surface area contributed by atoms with E-state index in [0.717, 1.165) is 0 Å². The molecule has 0 amide bonds. The van der Waals surface area contributed by atoms with Gasteiger partial charge in [-0.05, 0) is 0 Å². The van der Waals surface area contributed by atoms with E-state index < -0.39 is 0 Å². The molecular formula is C3H3MnO3-3. The first-order valence-electron chi connectivity index (χ1n) is 0.707. The molecule has 4 heteroatoms. The molecule has 0 aliphatic rings. The largest absolute Gasteiger partial charge is 0.545 e. The SMILES string of the molecule is [CH-]=O.[CH-]=O.[CH-]=O.[Mn]. The molecule has 0 aromatic heterocycles. The smallest absolute Gasteiger partial charge is 0 e. The van der Waals surface area contributed by atoms with Crippen LogP contribution in [0.3, 0.4) is 0 Å². The van der Waals surface area contributed by atoms with Gasteiger partial charge >= 0.3 is 0 Å². The normalized spacial score (nSPS) is 1.71. The Morgan fingerprint density at radius 2 is 0.571 bits per heavy atom. The summed E-state index contributed by atoms with van der Waals surface area (Å²) in [5, 5.41) is 0. The van der Waals surface area contributed by atoms with Gasteiger partial charge in [0, 0.05) is 17.1 Å². The van der Waals surface area contributed by atoms with Crippen molar-refractivity contribution in [2.24, 2.45) is 0 Å². The Labute approximate surface area is 52.6 Å². The van der Waals surface area contributed by atoms with Gasteiger partial charge in [-0.25, -0.2) is 0 Å². The molecule has 0 atom stereocenters. The first-order valence-corrected chi connectivity index (χ1v) is 0.707. The quantitative estimate of drug-likeness (QED) is 0.252. The third kappa shape index (κ3) is 311. The second-order valence-corrected chi connectivity index (χ2v) is 0. The van der Waals surface area contributed by atoms with Gasteiger partial charge in [0.15, 0.2) is 0 Å². The summed E-state index contributed by atoms with van der Waals surface area (Å²) in [5.41, 5.74) is 0. The van der Waals surface area contributed by atoms with Crippen LogP contribution in [0.25, 0.3) is 0 Å². The van der Waals surface area contributed by atoms with Crippen LogP contribution < -0.4 is 0 Å². The van der Waals surface area contributed by atoms with Crippen LogP contribution in [-0.2, 0) is 31.5 Å². The summed E-state index contributed by atoms with van der Waals surface area (Å²) in [4.78, 5) is 23.2. The van der Waals surface area contributed by atoms with Gasteiger partial charge in [-0.1, -0.05) is 0 Å². The van der Waals surface area contributed by atoms with Gasteiger partial charge < -0.3 is 14.4 Å². The maximum Gasteiger partial charge on any atom is 0 e. The predicted octanol–water partition coefficient (Wildman–Crippen LogP) is -0.825. The van der Waals surface area contributed by atoms with Gasteiger partial charge in [0.25, 0.3) is 0 Å². The Balaban J connectivity index is -0.00000000900. The Bertz CT molecular complexity index is 14.9. The minimum absolute atomic E-state index is 0. The standard InChI is InChI=1S/3CHO.Mn/c3*1-2;/h3*1H;/q3*-1;. The molecule has 0 saturated carbocycles. The van der Waals surface area contributed by atoms with E-state index in [1.54, 1.807) is 0 Å². The third-order valence-electron chi connectivity index (χ3n) is 0. The van der Waals surface area contributed by atoms with Gasteiger partial charge in [-0.3, -0.25) is 20.4 Å². The van der Waals surface area contributed by atoms with Crippen LogP contribution in [0.1, 0.15) is 0 Å². The summed E-state index contributed by atoms with van der Waals surface area (Å²) in [7, 11) is 0. The van der Waals surface area contributed by atoms with Gasteiger partial charge in [-0.15, -0.1) is 0 Å². The maximum atomic E-state index is 7.75. The zero-order chi connectivity index (χ0) is 6.00. The van der Waals surface area contributed by atoms with Gasteiger partial charge in [0.1, 0.15) is 0 Å². The molecule has 0 aliphatic heterocycles. The second kappa shape index (κ2) is 512. The van der Waals surface area contributed by atoms with Gasteiger partial charge in [-0.2, -0.15) is 0 Å². The van der Waals surface area contributed by atoms with Crippen LogP contribution in [0, 0.1) is 0 Å². The van der Waals surface area contributed by atoms with Crippen molar-refractivity contribution < 1.29 is 31.5 Å². The van der Waals surface area contributed by atoms with Crippen LogP contribution in [-0.4, -0.2) is 20.4 Å². The number of hydrogen-bond acceptors (Lipinski definition) is 3. The van der Waals surface area contributed by atoms with Crippen molar-refractivity contribution in [1.82, 2.24) is 0 Å². The van der Waals surface area contributed by atoms with Crippen molar-refractivity contribution in [3.8, 4) is 0 Å². The van der Waals surface area contributed by atoms with Crippen molar-refractivity contribution in [2.45, 2.75) is 0 Å². The van der Waals surface area contributed by atoms with Crippen LogP contribution in [0.15, 0.2) is 0 Å². The topological polar surface area (TPSA) is 51.2 Å². The maximum absolute atomic E-state index is 7.75. The van der Waals surface area contributed by atoms with E-state index in [2.05, 4.69) is 20.4 Å². The molecule has 43 valence electrons. The molecule has 0 rings (SSSR count). The van der Waals surface area contributed by atoms with Crippen molar-refractivity contribution in [2.75, 3.05) is 0 Å². The van der Waals surface area contributed by atoms with E-state index in [0.29, 0.717) is 0 Å². The summed E-state index contributed by atoms with van der Waals surface area (Å²) in [6.45, 7) is 9.75. The molecule has 3 nitrogen and oxygen atoms in total.